The Labute approximate surface area is 142 Å². The molecule has 4 rings (SSSR count). The molecule has 0 radical (unpaired) electrons. The summed E-state index contributed by atoms with van der Waals surface area (Å²) in [6.07, 6.45) is 1.72. The van der Waals surface area contributed by atoms with Gasteiger partial charge in [0.2, 0.25) is 0 Å². The Hall–Kier alpha value is -2.86. The summed E-state index contributed by atoms with van der Waals surface area (Å²) >= 11 is 1.59. The van der Waals surface area contributed by atoms with Crippen LogP contribution in [0, 0.1) is 0 Å². The van der Waals surface area contributed by atoms with Gasteiger partial charge in [0.05, 0.1) is 35.5 Å². The molecule has 2 heterocycles. The first-order valence-corrected chi connectivity index (χ1v) is 8.18. The number of methoxy groups -OCH3 is 2. The highest BCUT2D eigenvalue weighted by Gasteiger charge is 2.11. The maximum absolute atomic E-state index is 6.08. The highest BCUT2D eigenvalue weighted by atomic mass is 32.1. The fourth-order valence-corrected chi connectivity index (χ4v) is 3.27. The van der Waals surface area contributed by atoms with Crippen molar-refractivity contribution < 1.29 is 14.2 Å². The minimum Gasteiger partial charge on any atom is -0.493 e. The Morgan fingerprint density at radius 3 is 2.50 bits per heavy atom. The predicted octanol–water partition coefficient (Wildman–Crippen LogP) is 4.65. The van der Waals surface area contributed by atoms with Gasteiger partial charge in [-0.1, -0.05) is 0 Å². The van der Waals surface area contributed by atoms with E-state index in [1.807, 2.05) is 41.9 Å². The number of rotatable bonds is 4. The molecule has 120 valence electrons. The second-order valence-corrected chi connectivity index (χ2v) is 6.00. The molecule has 0 aliphatic carbocycles. The smallest absolute Gasteiger partial charge is 0.162 e. The quantitative estimate of drug-likeness (QED) is 0.542. The number of nitrogens with zero attached hydrogens (tertiary/aromatic N) is 2. The molecule has 24 heavy (non-hydrogen) atoms. The van der Waals surface area contributed by atoms with Crippen molar-refractivity contribution >= 4 is 32.5 Å². The van der Waals surface area contributed by atoms with Crippen molar-refractivity contribution in [1.29, 1.82) is 0 Å². The lowest BCUT2D eigenvalue weighted by atomic mass is 10.2. The molecule has 4 aromatic rings. The highest BCUT2D eigenvalue weighted by molar-refractivity contribution is 7.16. The molecular formula is C18H14N2O3S. The van der Waals surface area contributed by atoms with Gasteiger partial charge in [0.25, 0.3) is 0 Å². The Bertz CT molecular complexity index is 1030. The summed E-state index contributed by atoms with van der Waals surface area (Å²) in [5.74, 6) is 2.75. The summed E-state index contributed by atoms with van der Waals surface area (Å²) in [6.45, 7) is 0. The van der Waals surface area contributed by atoms with Crippen molar-refractivity contribution in [3.05, 3.63) is 48.1 Å². The van der Waals surface area contributed by atoms with Crippen LogP contribution in [0.25, 0.3) is 21.1 Å². The van der Waals surface area contributed by atoms with Gasteiger partial charge < -0.3 is 14.2 Å². The molecule has 2 aromatic heterocycles. The largest absolute Gasteiger partial charge is 0.493 e. The molecule has 0 saturated carbocycles. The highest BCUT2D eigenvalue weighted by Crippen LogP contribution is 2.37. The average molecular weight is 338 g/mol. The van der Waals surface area contributed by atoms with Crippen LogP contribution in [0.5, 0.6) is 23.0 Å². The second-order valence-electron chi connectivity index (χ2n) is 5.12. The zero-order chi connectivity index (χ0) is 16.5. The Balaban J connectivity index is 1.80. The van der Waals surface area contributed by atoms with E-state index < -0.39 is 0 Å². The van der Waals surface area contributed by atoms with E-state index in [-0.39, 0.29) is 0 Å². The fraction of sp³-hybridized carbons (Fsp3) is 0.111. The molecule has 2 aromatic carbocycles. The third-order valence-corrected chi connectivity index (χ3v) is 4.53. The van der Waals surface area contributed by atoms with Gasteiger partial charge in [-0.25, -0.2) is 4.98 Å². The number of benzene rings is 2. The summed E-state index contributed by atoms with van der Waals surface area (Å²) < 4.78 is 17.9. The number of hydrogen-bond acceptors (Lipinski definition) is 6. The van der Waals surface area contributed by atoms with Crippen LogP contribution in [0.4, 0.5) is 0 Å². The molecular weight excluding hydrogens is 324 g/mol. The number of hydrogen-bond donors (Lipinski definition) is 0. The van der Waals surface area contributed by atoms with Crippen LogP contribution in [-0.4, -0.2) is 24.2 Å². The zero-order valence-electron chi connectivity index (χ0n) is 13.1. The molecule has 0 aliphatic heterocycles. The average Bonchev–Trinajstić information content (AvgIpc) is 3.08. The van der Waals surface area contributed by atoms with E-state index in [4.69, 9.17) is 14.2 Å². The van der Waals surface area contributed by atoms with E-state index in [2.05, 4.69) is 9.97 Å². The van der Waals surface area contributed by atoms with Crippen LogP contribution < -0.4 is 14.2 Å². The molecule has 0 atom stereocenters. The predicted molar refractivity (Wildman–Crippen MR) is 94.5 cm³/mol. The van der Waals surface area contributed by atoms with Crippen molar-refractivity contribution in [2.24, 2.45) is 0 Å². The minimum atomic E-state index is 0.640. The number of ether oxygens (including phenoxy) is 3. The van der Waals surface area contributed by atoms with Crippen LogP contribution in [-0.2, 0) is 0 Å². The van der Waals surface area contributed by atoms with Gasteiger partial charge in [-0.3, -0.25) is 4.98 Å². The van der Waals surface area contributed by atoms with Crippen molar-refractivity contribution in [1.82, 2.24) is 9.97 Å². The van der Waals surface area contributed by atoms with Gasteiger partial charge in [-0.15, -0.1) is 11.3 Å². The van der Waals surface area contributed by atoms with Crippen molar-refractivity contribution in [3.8, 4) is 23.0 Å². The van der Waals surface area contributed by atoms with Crippen molar-refractivity contribution in [3.63, 3.8) is 0 Å². The van der Waals surface area contributed by atoms with Crippen molar-refractivity contribution in [2.45, 2.75) is 0 Å². The van der Waals surface area contributed by atoms with E-state index >= 15 is 0 Å². The summed E-state index contributed by atoms with van der Waals surface area (Å²) in [5.41, 5.74) is 3.58. The monoisotopic (exact) mass is 338 g/mol. The number of fused-ring (bicyclic) bond motifs is 2. The first-order chi connectivity index (χ1) is 11.8. The molecule has 0 spiro atoms. The molecule has 0 N–H and O–H groups in total. The van der Waals surface area contributed by atoms with Crippen LogP contribution in [0.2, 0.25) is 0 Å². The van der Waals surface area contributed by atoms with Gasteiger partial charge >= 0.3 is 0 Å². The van der Waals surface area contributed by atoms with E-state index in [1.54, 1.807) is 31.8 Å². The molecule has 0 amide bonds. The van der Waals surface area contributed by atoms with Gasteiger partial charge in [-0.05, 0) is 24.3 Å². The molecule has 6 heteroatoms. The third kappa shape index (κ3) is 2.51. The molecule has 0 fully saturated rings. The third-order valence-electron chi connectivity index (χ3n) is 3.74. The van der Waals surface area contributed by atoms with Crippen molar-refractivity contribution in [2.75, 3.05) is 14.2 Å². The molecule has 0 bridgehead atoms. The molecule has 0 saturated heterocycles. The summed E-state index contributed by atoms with van der Waals surface area (Å²) in [7, 11) is 3.21. The number of thiazole rings is 1. The SMILES string of the molecule is COc1cc2nccc(Oc3ccc4ncsc4c3)c2cc1OC. The Kier molecular flexibility index (Phi) is 3.66. The molecule has 0 aliphatic rings. The first-order valence-electron chi connectivity index (χ1n) is 7.30. The molecule has 5 nitrogen and oxygen atoms in total. The van der Waals surface area contributed by atoms with Gasteiger partial charge in [-0.2, -0.15) is 0 Å². The molecule has 0 unspecified atom stereocenters. The number of pyridine rings is 1. The summed E-state index contributed by atoms with van der Waals surface area (Å²) in [4.78, 5) is 8.67. The lowest BCUT2D eigenvalue weighted by Gasteiger charge is -2.12. The minimum absolute atomic E-state index is 0.640. The van der Waals surface area contributed by atoms with Crippen LogP contribution in [0.3, 0.4) is 0 Å². The zero-order valence-corrected chi connectivity index (χ0v) is 14.0. The second kappa shape index (κ2) is 5.98. The Morgan fingerprint density at radius 2 is 1.67 bits per heavy atom. The van der Waals surface area contributed by atoms with E-state index in [9.17, 15) is 0 Å². The first kappa shape index (κ1) is 14.7. The van der Waals surface area contributed by atoms with Crippen LogP contribution >= 0.6 is 11.3 Å². The summed E-state index contributed by atoms with van der Waals surface area (Å²) in [5, 5.41) is 0.861. The van der Waals surface area contributed by atoms with E-state index in [0.717, 1.165) is 26.9 Å². The van der Waals surface area contributed by atoms with Gasteiger partial charge in [0.15, 0.2) is 11.5 Å². The Morgan fingerprint density at radius 1 is 0.833 bits per heavy atom. The van der Waals surface area contributed by atoms with Gasteiger partial charge in [0.1, 0.15) is 11.5 Å². The normalized spacial score (nSPS) is 10.9. The maximum Gasteiger partial charge on any atom is 0.162 e. The van der Waals surface area contributed by atoms with Gasteiger partial charge in [0, 0.05) is 23.7 Å². The topological polar surface area (TPSA) is 53.5 Å². The lowest BCUT2D eigenvalue weighted by molar-refractivity contribution is 0.355. The standard InChI is InChI=1S/C18H14N2O3S/c1-21-16-8-12-14(9-17(16)22-2)19-6-5-15(12)23-11-3-4-13-18(7-11)24-10-20-13/h3-10H,1-2H3. The van der Waals surface area contributed by atoms with E-state index in [0.29, 0.717) is 17.2 Å². The number of aromatic nitrogens is 2. The van der Waals surface area contributed by atoms with E-state index in [1.165, 1.54) is 0 Å². The maximum atomic E-state index is 6.08. The summed E-state index contributed by atoms with van der Waals surface area (Å²) in [6, 6.07) is 11.4. The lowest BCUT2D eigenvalue weighted by Crippen LogP contribution is -1.93. The van der Waals surface area contributed by atoms with Crippen LogP contribution in [0.1, 0.15) is 0 Å². The van der Waals surface area contributed by atoms with Crippen LogP contribution in [0.15, 0.2) is 48.1 Å². The fourth-order valence-electron chi connectivity index (χ4n) is 2.56.